The van der Waals surface area contributed by atoms with Gasteiger partial charge in [0.2, 0.25) is 0 Å². The number of carboxylic acids is 1. The van der Waals surface area contributed by atoms with Gasteiger partial charge in [-0.3, -0.25) is 0 Å². The van der Waals surface area contributed by atoms with Crippen LogP contribution in [0.3, 0.4) is 0 Å². The first-order valence-corrected chi connectivity index (χ1v) is 4.07. The Bertz CT molecular complexity index is 419. The molecule has 0 heterocycles. The maximum Gasteiger partial charge on any atom is 0.335 e. The third-order valence-corrected chi connectivity index (χ3v) is 2.02. The highest BCUT2D eigenvalue weighted by atomic mass is 16.4. The van der Waals surface area contributed by atoms with Gasteiger partial charge in [-0.15, -0.1) is 0 Å². The van der Waals surface area contributed by atoms with Gasteiger partial charge in [0.25, 0.3) is 0 Å². The zero-order chi connectivity index (χ0) is 10.7. The molecule has 0 spiro atoms. The average Bonchev–Trinajstić information content (AvgIpc) is 2.16. The van der Waals surface area contributed by atoms with E-state index in [1.807, 2.05) is 6.07 Å². The van der Waals surface area contributed by atoms with Crippen LogP contribution in [0.4, 0.5) is 0 Å². The van der Waals surface area contributed by atoms with Gasteiger partial charge in [0.05, 0.1) is 17.2 Å². The summed E-state index contributed by atoms with van der Waals surface area (Å²) >= 11 is 0. The molecule has 4 nitrogen and oxygen atoms in total. The lowest BCUT2D eigenvalue weighted by Crippen LogP contribution is -2.06. The lowest BCUT2D eigenvalue weighted by atomic mass is 10.00. The van der Waals surface area contributed by atoms with Gasteiger partial charge in [0.15, 0.2) is 0 Å². The topological polar surface area (TPSA) is 87.1 Å². The van der Waals surface area contributed by atoms with Crippen LogP contribution in [-0.4, -0.2) is 11.1 Å². The molecule has 0 bridgehead atoms. The van der Waals surface area contributed by atoms with Gasteiger partial charge in [-0.1, -0.05) is 0 Å². The van der Waals surface area contributed by atoms with Crippen molar-refractivity contribution in [2.24, 2.45) is 5.73 Å². The van der Waals surface area contributed by atoms with Crippen molar-refractivity contribution in [1.29, 1.82) is 5.26 Å². The van der Waals surface area contributed by atoms with Crippen molar-refractivity contribution in [2.45, 2.75) is 13.5 Å². The van der Waals surface area contributed by atoms with E-state index in [0.29, 0.717) is 16.7 Å². The Morgan fingerprint density at radius 2 is 2.29 bits per heavy atom. The van der Waals surface area contributed by atoms with E-state index in [1.165, 1.54) is 6.07 Å². The van der Waals surface area contributed by atoms with Crippen LogP contribution < -0.4 is 5.73 Å². The Morgan fingerprint density at radius 1 is 1.64 bits per heavy atom. The molecule has 0 saturated heterocycles. The molecule has 4 heteroatoms. The second-order valence-electron chi connectivity index (χ2n) is 2.95. The lowest BCUT2D eigenvalue weighted by Gasteiger charge is -2.05. The quantitative estimate of drug-likeness (QED) is 0.728. The molecule has 1 aromatic rings. The molecule has 1 rings (SSSR count). The van der Waals surface area contributed by atoms with E-state index in [0.717, 1.165) is 0 Å². The molecule has 0 fully saturated rings. The summed E-state index contributed by atoms with van der Waals surface area (Å²) in [7, 11) is 0. The van der Waals surface area contributed by atoms with E-state index in [4.69, 9.17) is 16.1 Å². The summed E-state index contributed by atoms with van der Waals surface area (Å²) in [6, 6.07) is 4.98. The molecule has 0 amide bonds. The zero-order valence-corrected chi connectivity index (χ0v) is 7.74. The van der Waals surface area contributed by atoms with Crippen molar-refractivity contribution in [2.75, 3.05) is 0 Å². The number of nitriles is 1. The minimum atomic E-state index is -0.998. The normalized spacial score (nSPS) is 9.50. The highest BCUT2D eigenvalue weighted by Gasteiger charge is 2.10. The third-order valence-electron chi connectivity index (χ3n) is 2.02. The molecule has 0 aliphatic heterocycles. The second-order valence-corrected chi connectivity index (χ2v) is 2.95. The summed E-state index contributed by atoms with van der Waals surface area (Å²) in [5.41, 5.74) is 7.18. The molecule has 0 atom stereocenters. The smallest absolute Gasteiger partial charge is 0.335 e. The third kappa shape index (κ3) is 1.73. The molecule has 0 saturated carbocycles. The van der Waals surface area contributed by atoms with Crippen LogP contribution >= 0.6 is 0 Å². The van der Waals surface area contributed by atoms with Crippen LogP contribution in [0, 0.1) is 18.3 Å². The molecule has 0 radical (unpaired) electrons. The van der Waals surface area contributed by atoms with Gasteiger partial charge in [-0.2, -0.15) is 5.26 Å². The standard InChI is InChI=1S/C10H10N2O2/c1-6-2-7(4-11)8(5-12)3-9(6)10(13)14/h2-3H,5,12H2,1H3,(H,13,14). The number of rotatable bonds is 2. The number of carboxylic acid groups (broad SMARTS) is 1. The zero-order valence-electron chi connectivity index (χ0n) is 7.74. The van der Waals surface area contributed by atoms with Gasteiger partial charge in [0.1, 0.15) is 0 Å². The predicted octanol–water partition coefficient (Wildman–Crippen LogP) is 1.02. The number of aryl methyl sites for hydroxylation is 1. The highest BCUT2D eigenvalue weighted by molar-refractivity contribution is 5.89. The van der Waals surface area contributed by atoms with Crippen LogP contribution in [0.15, 0.2) is 12.1 Å². The Hall–Kier alpha value is -1.86. The largest absolute Gasteiger partial charge is 0.478 e. The molecule has 72 valence electrons. The van der Waals surface area contributed by atoms with E-state index in [9.17, 15) is 4.79 Å². The number of carbonyl (C=O) groups is 1. The van der Waals surface area contributed by atoms with Gasteiger partial charge >= 0.3 is 5.97 Å². The van der Waals surface area contributed by atoms with Gasteiger partial charge in [0, 0.05) is 6.54 Å². The van der Waals surface area contributed by atoms with Crippen molar-refractivity contribution >= 4 is 5.97 Å². The van der Waals surface area contributed by atoms with E-state index in [2.05, 4.69) is 0 Å². The Kier molecular flexibility index (Phi) is 2.85. The van der Waals surface area contributed by atoms with Gasteiger partial charge in [-0.05, 0) is 30.2 Å². The van der Waals surface area contributed by atoms with E-state index in [-0.39, 0.29) is 12.1 Å². The van der Waals surface area contributed by atoms with Crippen LogP contribution in [0.2, 0.25) is 0 Å². The minimum absolute atomic E-state index is 0.170. The molecule has 14 heavy (non-hydrogen) atoms. The van der Waals surface area contributed by atoms with E-state index < -0.39 is 5.97 Å². The van der Waals surface area contributed by atoms with Crippen molar-refractivity contribution < 1.29 is 9.90 Å². The summed E-state index contributed by atoms with van der Waals surface area (Å²) < 4.78 is 0. The molecule has 0 unspecified atom stereocenters. The van der Waals surface area contributed by atoms with Crippen molar-refractivity contribution in [1.82, 2.24) is 0 Å². The average molecular weight is 190 g/mol. The predicted molar refractivity (Wildman–Crippen MR) is 50.7 cm³/mol. The number of hydrogen-bond donors (Lipinski definition) is 2. The monoisotopic (exact) mass is 190 g/mol. The number of hydrogen-bond acceptors (Lipinski definition) is 3. The fraction of sp³-hybridized carbons (Fsp3) is 0.200. The maximum atomic E-state index is 10.8. The number of benzene rings is 1. The van der Waals surface area contributed by atoms with Gasteiger partial charge < -0.3 is 10.8 Å². The van der Waals surface area contributed by atoms with Crippen molar-refractivity contribution in [3.05, 3.63) is 34.4 Å². The number of nitrogens with zero attached hydrogens (tertiary/aromatic N) is 1. The maximum absolute atomic E-state index is 10.8. The van der Waals surface area contributed by atoms with Crippen LogP contribution in [0.1, 0.15) is 27.0 Å². The number of aromatic carboxylic acids is 1. The molecule has 3 N–H and O–H groups in total. The van der Waals surface area contributed by atoms with E-state index in [1.54, 1.807) is 13.0 Å². The summed E-state index contributed by atoms with van der Waals surface area (Å²) in [5.74, 6) is -0.998. The summed E-state index contributed by atoms with van der Waals surface area (Å²) in [6.07, 6.45) is 0. The van der Waals surface area contributed by atoms with Crippen LogP contribution in [0.5, 0.6) is 0 Å². The first kappa shape index (κ1) is 10.2. The molecular weight excluding hydrogens is 180 g/mol. The lowest BCUT2D eigenvalue weighted by molar-refractivity contribution is 0.0696. The summed E-state index contributed by atoms with van der Waals surface area (Å²) in [4.78, 5) is 10.8. The SMILES string of the molecule is Cc1cc(C#N)c(CN)cc1C(=O)O. The number of nitrogens with two attached hydrogens (primary N) is 1. The van der Waals surface area contributed by atoms with Crippen molar-refractivity contribution in [3.8, 4) is 6.07 Å². The first-order chi connectivity index (χ1) is 6.60. The van der Waals surface area contributed by atoms with Crippen LogP contribution in [0.25, 0.3) is 0 Å². The molecule has 0 aliphatic carbocycles. The summed E-state index contributed by atoms with van der Waals surface area (Å²) in [6.45, 7) is 1.83. The Morgan fingerprint density at radius 3 is 2.71 bits per heavy atom. The van der Waals surface area contributed by atoms with Crippen molar-refractivity contribution in [3.63, 3.8) is 0 Å². The molecule has 0 aromatic heterocycles. The Labute approximate surface area is 81.6 Å². The highest BCUT2D eigenvalue weighted by Crippen LogP contribution is 2.15. The minimum Gasteiger partial charge on any atom is -0.478 e. The van der Waals surface area contributed by atoms with Gasteiger partial charge in [-0.25, -0.2) is 4.79 Å². The fourth-order valence-electron chi connectivity index (χ4n) is 1.26. The summed E-state index contributed by atoms with van der Waals surface area (Å²) in [5, 5.41) is 17.6. The second kappa shape index (κ2) is 3.90. The Balaban J connectivity index is 3.39. The van der Waals surface area contributed by atoms with Crippen LogP contribution in [-0.2, 0) is 6.54 Å². The fourth-order valence-corrected chi connectivity index (χ4v) is 1.26. The molecule has 1 aromatic carbocycles. The van der Waals surface area contributed by atoms with E-state index >= 15 is 0 Å². The first-order valence-electron chi connectivity index (χ1n) is 4.07. The molecule has 0 aliphatic rings. The molecular formula is C10H10N2O2.